The predicted molar refractivity (Wildman–Crippen MR) is 165 cm³/mol. The summed E-state index contributed by atoms with van der Waals surface area (Å²) in [4.78, 5) is 62.9. The van der Waals surface area contributed by atoms with Gasteiger partial charge in [0.25, 0.3) is 11.8 Å². The number of benzene rings is 2. The van der Waals surface area contributed by atoms with Gasteiger partial charge in [0.1, 0.15) is 11.4 Å². The molecule has 2 aliphatic rings. The number of amidine groups is 2. The van der Waals surface area contributed by atoms with Crippen molar-refractivity contribution in [1.82, 2.24) is 9.80 Å². The summed E-state index contributed by atoms with van der Waals surface area (Å²) < 4.78 is 10.1. The Morgan fingerprint density at radius 1 is 0.690 bits per heavy atom. The number of thioether (sulfide) groups is 2. The van der Waals surface area contributed by atoms with Gasteiger partial charge in [-0.25, -0.2) is 9.98 Å². The highest BCUT2D eigenvalue weighted by molar-refractivity contribution is 8.14. The van der Waals surface area contributed by atoms with Crippen LogP contribution in [0, 0.1) is 0 Å². The zero-order chi connectivity index (χ0) is 29.9. The molecule has 0 aliphatic carbocycles. The summed E-state index contributed by atoms with van der Waals surface area (Å²) in [6.07, 6.45) is 3.36. The normalized spacial score (nSPS) is 16.7. The molecule has 0 saturated heterocycles. The molecule has 0 spiro atoms. The molecule has 4 rings (SSSR count). The monoisotopic (exact) mass is 606 g/mol. The van der Waals surface area contributed by atoms with Crippen LogP contribution < -0.4 is 0 Å². The molecule has 0 aromatic heterocycles. The van der Waals surface area contributed by atoms with Crippen molar-refractivity contribution in [2.24, 2.45) is 9.98 Å². The molecule has 0 radical (unpaired) electrons. The molecule has 0 unspecified atom stereocenters. The Bertz CT molecular complexity index is 1330. The Labute approximate surface area is 252 Å². The lowest BCUT2D eigenvalue weighted by Gasteiger charge is -2.22. The minimum atomic E-state index is -0.423. The number of carbonyl (C=O) groups is 4. The molecule has 2 amide bonds. The molecule has 2 aromatic rings. The molecular weight excluding hydrogens is 576 g/mol. The first-order valence-electron chi connectivity index (χ1n) is 13.3. The van der Waals surface area contributed by atoms with Crippen LogP contribution in [0.15, 0.2) is 82.0 Å². The Morgan fingerprint density at radius 2 is 1.07 bits per heavy atom. The molecule has 10 nitrogen and oxygen atoms in total. The van der Waals surface area contributed by atoms with Crippen molar-refractivity contribution in [3.8, 4) is 0 Å². The van der Waals surface area contributed by atoms with Crippen LogP contribution in [-0.2, 0) is 28.7 Å². The lowest BCUT2D eigenvalue weighted by Crippen LogP contribution is -2.41. The Kier molecular flexibility index (Phi) is 11.1. The maximum atomic E-state index is 13.5. The second kappa shape index (κ2) is 15.2. The molecule has 0 atom stereocenters. The van der Waals surface area contributed by atoms with E-state index in [0.29, 0.717) is 10.3 Å². The third-order valence-electron chi connectivity index (χ3n) is 5.82. The van der Waals surface area contributed by atoms with Crippen molar-refractivity contribution in [3.63, 3.8) is 0 Å². The van der Waals surface area contributed by atoms with Crippen molar-refractivity contribution in [1.29, 1.82) is 0 Å². The minimum absolute atomic E-state index is 0.0240. The number of aliphatic imine (C=N–C) groups is 2. The van der Waals surface area contributed by atoms with Gasteiger partial charge in [-0.1, -0.05) is 84.2 Å². The third kappa shape index (κ3) is 8.20. The Balaban J connectivity index is 1.55. The number of amides is 2. The maximum Gasteiger partial charge on any atom is 0.316 e. The van der Waals surface area contributed by atoms with E-state index in [1.165, 1.54) is 9.80 Å². The van der Waals surface area contributed by atoms with E-state index in [-0.39, 0.29) is 61.0 Å². The second-order valence-corrected chi connectivity index (χ2v) is 10.7. The first-order valence-corrected chi connectivity index (χ1v) is 15.3. The number of esters is 2. The summed E-state index contributed by atoms with van der Waals surface area (Å²) >= 11 is 2.19. The summed E-state index contributed by atoms with van der Waals surface area (Å²) in [7, 11) is 0. The number of carbonyl (C=O) groups excluding carboxylic acids is 4. The van der Waals surface area contributed by atoms with Crippen LogP contribution in [0.1, 0.15) is 25.0 Å². The van der Waals surface area contributed by atoms with E-state index in [1.54, 1.807) is 26.0 Å². The zero-order valence-electron chi connectivity index (χ0n) is 23.2. The topological polar surface area (TPSA) is 118 Å². The Morgan fingerprint density at radius 3 is 1.43 bits per heavy atom. The summed E-state index contributed by atoms with van der Waals surface area (Å²) in [5, 5.41) is 0.666. The SMILES string of the molecule is CCOC(=O)CSC1=N/C(=C\c2ccccc2)C(=O)N1CCN1C(=O)/C(=C/c2ccccc2)N=C1SCC(=O)OCC. The quantitative estimate of drug-likeness (QED) is 0.278. The van der Waals surface area contributed by atoms with Crippen molar-refractivity contribution in [2.45, 2.75) is 13.8 Å². The van der Waals surface area contributed by atoms with Gasteiger partial charge in [0, 0.05) is 13.1 Å². The number of rotatable bonds is 11. The van der Waals surface area contributed by atoms with Gasteiger partial charge in [-0.05, 0) is 37.1 Å². The fraction of sp³-hybridized carbons (Fsp3) is 0.267. The lowest BCUT2D eigenvalue weighted by molar-refractivity contribution is -0.140. The second-order valence-electron chi connectivity index (χ2n) is 8.77. The van der Waals surface area contributed by atoms with Crippen LogP contribution >= 0.6 is 23.5 Å². The van der Waals surface area contributed by atoms with Crippen molar-refractivity contribution >= 4 is 69.8 Å². The predicted octanol–water partition coefficient (Wildman–Crippen LogP) is 4.06. The van der Waals surface area contributed by atoms with Gasteiger partial charge in [-0.2, -0.15) is 0 Å². The molecular formula is C30H30N4O6S2. The summed E-state index contributed by atoms with van der Waals surface area (Å²) in [5.74, 6) is -1.60. The summed E-state index contributed by atoms with van der Waals surface area (Å²) in [6, 6.07) is 18.6. The third-order valence-corrected chi connectivity index (χ3v) is 7.72. The molecule has 218 valence electrons. The summed E-state index contributed by atoms with van der Waals surface area (Å²) in [6.45, 7) is 4.11. The Hall–Kier alpha value is -4.16. The summed E-state index contributed by atoms with van der Waals surface area (Å²) in [5.41, 5.74) is 2.04. The van der Waals surface area contributed by atoms with Gasteiger partial charge in [0.2, 0.25) is 0 Å². The van der Waals surface area contributed by atoms with Crippen LogP contribution in [0.4, 0.5) is 0 Å². The van der Waals surface area contributed by atoms with E-state index in [0.717, 1.165) is 34.7 Å². The largest absolute Gasteiger partial charge is 0.465 e. The number of hydrogen-bond acceptors (Lipinski definition) is 10. The molecule has 2 aromatic carbocycles. The molecule has 12 heteroatoms. The van der Waals surface area contributed by atoms with Gasteiger partial charge < -0.3 is 9.47 Å². The average Bonchev–Trinajstić information content (AvgIpc) is 3.45. The van der Waals surface area contributed by atoms with Crippen molar-refractivity contribution in [2.75, 3.05) is 37.8 Å². The number of ether oxygens (including phenoxy) is 2. The van der Waals surface area contributed by atoms with E-state index in [2.05, 4.69) is 9.98 Å². The first kappa shape index (κ1) is 30.8. The van der Waals surface area contributed by atoms with Gasteiger partial charge in [-0.3, -0.25) is 29.0 Å². The van der Waals surface area contributed by atoms with E-state index < -0.39 is 11.9 Å². The number of hydrogen-bond donors (Lipinski definition) is 0. The van der Waals surface area contributed by atoms with Crippen LogP contribution in [0.5, 0.6) is 0 Å². The molecule has 2 heterocycles. The molecule has 0 fully saturated rings. The van der Waals surface area contributed by atoms with Gasteiger partial charge in [-0.15, -0.1) is 0 Å². The average molecular weight is 607 g/mol. The van der Waals surface area contributed by atoms with Gasteiger partial charge in [0.15, 0.2) is 10.3 Å². The highest BCUT2D eigenvalue weighted by Crippen LogP contribution is 2.27. The highest BCUT2D eigenvalue weighted by Gasteiger charge is 2.35. The van der Waals surface area contributed by atoms with Gasteiger partial charge >= 0.3 is 11.9 Å². The molecule has 0 N–H and O–H groups in total. The fourth-order valence-electron chi connectivity index (χ4n) is 3.94. The lowest BCUT2D eigenvalue weighted by atomic mass is 10.2. The number of nitrogens with zero attached hydrogens (tertiary/aromatic N) is 4. The van der Waals surface area contributed by atoms with Crippen LogP contribution in [0.3, 0.4) is 0 Å². The van der Waals surface area contributed by atoms with Crippen molar-refractivity contribution in [3.05, 3.63) is 83.2 Å². The van der Waals surface area contributed by atoms with Crippen LogP contribution in [0.25, 0.3) is 12.2 Å². The highest BCUT2D eigenvalue weighted by atomic mass is 32.2. The minimum Gasteiger partial charge on any atom is -0.465 e. The van der Waals surface area contributed by atoms with E-state index in [4.69, 9.17) is 9.47 Å². The molecule has 42 heavy (non-hydrogen) atoms. The van der Waals surface area contributed by atoms with E-state index in [1.807, 2.05) is 60.7 Å². The standard InChI is InChI=1S/C30H30N4O6S2/c1-3-39-25(35)19-41-29-31-23(17-21-11-7-5-8-12-21)27(37)33(29)15-16-34-28(38)24(18-22-13-9-6-10-14-22)32-30(34)42-20-26(36)40-4-2/h5-14,17-18H,3-4,15-16,19-20H2,1-2H3/b23-17-,24-18-. The molecule has 2 aliphatic heterocycles. The van der Waals surface area contributed by atoms with E-state index >= 15 is 0 Å². The van der Waals surface area contributed by atoms with Crippen LogP contribution in [-0.4, -0.2) is 81.7 Å². The van der Waals surface area contributed by atoms with Crippen molar-refractivity contribution < 1.29 is 28.7 Å². The van der Waals surface area contributed by atoms with E-state index in [9.17, 15) is 19.2 Å². The first-order chi connectivity index (χ1) is 20.4. The fourth-order valence-corrected chi connectivity index (χ4v) is 5.59. The van der Waals surface area contributed by atoms with Crippen LogP contribution in [0.2, 0.25) is 0 Å². The smallest absolute Gasteiger partial charge is 0.316 e. The zero-order valence-corrected chi connectivity index (χ0v) is 24.9. The maximum absolute atomic E-state index is 13.5. The van der Waals surface area contributed by atoms with Gasteiger partial charge in [0.05, 0.1) is 24.7 Å². The molecule has 0 bridgehead atoms. The molecule has 0 saturated carbocycles.